The summed E-state index contributed by atoms with van der Waals surface area (Å²) in [6.07, 6.45) is 2.04. The molecule has 1 amide bonds. The average molecular weight is 502 g/mol. The molecule has 0 bridgehead atoms. The van der Waals surface area contributed by atoms with Gasteiger partial charge in [-0.3, -0.25) is 14.7 Å². The smallest absolute Gasteiger partial charge is 0.264 e. The molecule has 11 heteroatoms. The number of sulfone groups is 1. The number of carbonyl (C=O) groups excluding carboxylic acids is 1. The number of hydrogen-bond donors (Lipinski definition) is 3. The molecule has 2 heterocycles. The van der Waals surface area contributed by atoms with Crippen LogP contribution in [0.2, 0.25) is 0 Å². The Morgan fingerprint density at radius 2 is 1.94 bits per heavy atom. The standard InChI is InChI=1S/C24H24FN3O6S/c1-23(22(29)27-31,35(2,32)33)11-12-28-20-10-7-17(21(25)19(20)13-26-28)6-3-16-4-8-18(9-5-16)24(30)14-34-15-24/h4-5,7-10,13,30-31H,11-12,14-15H2,1-2H3,(H,27,29)/t23-/m1/s1. The van der Waals surface area contributed by atoms with Crippen LogP contribution in [0.25, 0.3) is 10.9 Å². The number of hydroxylamine groups is 1. The maximum absolute atomic E-state index is 15.1. The van der Waals surface area contributed by atoms with Crippen LogP contribution in [0.5, 0.6) is 0 Å². The van der Waals surface area contributed by atoms with Crippen molar-refractivity contribution >= 4 is 26.6 Å². The quantitative estimate of drug-likeness (QED) is 0.265. The van der Waals surface area contributed by atoms with Crippen molar-refractivity contribution in [2.45, 2.75) is 30.2 Å². The van der Waals surface area contributed by atoms with Gasteiger partial charge >= 0.3 is 0 Å². The Balaban J connectivity index is 1.55. The van der Waals surface area contributed by atoms with Crippen molar-refractivity contribution in [2.24, 2.45) is 0 Å². The van der Waals surface area contributed by atoms with Gasteiger partial charge in [-0.15, -0.1) is 0 Å². The van der Waals surface area contributed by atoms with E-state index in [1.54, 1.807) is 30.3 Å². The van der Waals surface area contributed by atoms with E-state index in [9.17, 15) is 18.3 Å². The molecule has 1 aromatic heterocycles. The number of fused-ring (bicyclic) bond motifs is 1. The maximum atomic E-state index is 15.1. The Morgan fingerprint density at radius 3 is 2.51 bits per heavy atom. The Bertz CT molecular complexity index is 1450. The van der Waals surface area contributed by atoms with E-state index in [-0.39, 0.29) is 37.1 Å². The van der Waals surface area contributed by atoms with Crippen LogP contribution in [0, 0.1) is 17.7 Å². The van der Waals surface area contributed by atoms with Crippen LogP contribution in [0.1, 0.15) is 30.0 Å². The lowest BCUT2D eigenvalue weighted by Crippen LogP contribution is -2.49. The zero-order chi connectivity index (χ0) is 25.4. The van der Waals surface area contributed by atoms with Crippen LogP contribution < -0.4 is 5.48 Å². The number of nitrogens with zero attached hydrogens (tertiary/aromatic N) is 2. The van der Waals surface area contributed by atoms with Gasteiger partial charge in [0.15, 0.2) is 14.6 Å². The van der Waals surface area contributed by atoms with Crippen molar-refractivity contribution < 1.29 is 32.7 Å². The lowest BCUT2D eigenvalue weighted by atomic mass is 9.91. The zero-order valence-electron chi connectivity index (χ0n) is 19.1. The molecule has 1 saturated heterocycles. The molecule has 0 aliphatic carbocycles. The third-order valence-corrected chi connectivity index (χ3v) is 8.43. The van der Waals surface area contributed by atoms with Gasteiger partial charge in [-0.05, 0) is 43.2 Å². The molecule has 0 spiro atoms. The van der Waals surface area contributed by atoms with Crippen LogP contribution in [-0.2, 0) is 31.5 Å². The molecule has 0 saturated carbocycles. The molecular weight excluding hydrogens is 477 g/mol. The van der Waals surface area contributed by atoms with Crippen LogP contribution in [-0.4, -0.2) is 58.6 Å². The van der Waals surface area contributed by atoms with Gasteiger partial charge in [0.05, 0.1) is 35.9 Å². The van der Waals surface area contributed by atoms with E-state index in [4.69, 9.17) is 9.94 Å². The molecule has 9 nitrogen and oxygen atoms in total. The van der Waals surface area contributed by atoms with Crippen LogP contribution >= 0.6 is 0 Å². The van der Waals surface area contributed by atoms with Crippen molar-refractivity contribution in [3.8, 4) is 11.8 Å². The zero-order valence-corrected chi connectivity index (χ0v) is 19.9. The van der Waals surface area contributed by atoms with Gasteiger partial charge in [0.25, 0.3) is 5.91 Å². The maximum Gasteiger partial charge on any atom is 0.264 e. The first kappa shape index (κ1) is 24.8. The number of ether oxygens (including phenoxy) is 1. The summed E-state index contributed by atoms with van der Waals surface area (Å²) in [5, 5.41) is 23.6. The van der Waals surface area contributed by atoms with Crippen LogP contribution in [0.3, 0.4) is 0 Å². The summed E-state index contributed by atoms with van der Waals surface area (Å²) in [7, 11) is -3.87. The van der Waals surface area contributed by atoms with Gasteiger partial charge in [0.2, 0.25) is 0 Å². The second-order valence-corrected chi connectivity index (χ2v) is 11.2. The topological polar surface area (TPSA) is 131 Å². The van der Waals surface area contributed by atoms with Crippen LogP contribution in [0.15, 0.2) is 42.6 Å². The molecule has 184 valence electrons. The summed E-state index contributed by atoms with van der Waals surface area (Å²) in [6.45, 7) is 1.70. The van der Waals surface area contributed by atoms with Gasteiger partial charge in [-0.2, -0.15) is 5.10 Å². The second-order valence-electron chi connectivity index (χ2n) is 8.77. The van der Waals surface area contributed by atoms with Gasteiger partial charge in [0.1, 0.15) is 11.4 Å². The number of aryl methyl sites for hydroxylation is 1. The monoisotopic (exact) mass is 501 g/mol. The molecule has 2 aromatic carbocycles. The summed E-state index contributed by atoms with van der Waals surface area (Å²) < 4.78 is 44.0. The molecule has 4 rings (SSSR count). The predicted octanol–water partition coefficient (Wildman–Crippen LogP) is 1.49. The third kappa shape index (κ3) is 4.53. The minimum absolute atomic E-state index is 0.00527. The van der Waals surface area contributed by atoms with Gasteiger partial charge in [-0.25, -0.2) is 18.3 Å². The normalized spacial score (nSPS) is 16.6. The fraction of sp³-hybridized carbons (Fsp3) is 0.333. The highest BCUT2D eigenvalue weighted by molar-refractivity contribution is 7.92. The van der Waals surface area contributed by atoms with Gasteiger partial charge in [-0.1, -0.05) is 24.0 Å². The van der Waals surface area contributed by atoms with Gasteiger partial charge in [0, 0.05) is 18.4 Å². The molecule has 1 aliphatic heterocycles. The van der Waals surface area contributed by atoms with Crippen LogP contribution in [0.4, 0.5) is 4.39 Å². The van der Waals surface area contributed by atoms with E-state index in [2.05, 4.69) is 16.9 Å². The number of carbonyl (C=O) groups is 1. The Morgan fingerprint density at radius 1 is 1.26 bits per heavy atom. The number of nitrogens with one attached hydrogen (secondary N) is 1. The Labute approximate surface area is 201 Å². The number of aliphatic hydroxyl groups is 1. The van der Waals surface area contributed by atoms with E-state index >= 15 is 4.39 Å². The van der Waals surface area contributed by atoms with Crippen molar-refractivity contribution in [2.75, 3.05) is 19.5 Å². The van der Waals surface area contributed by atoms with Gasteiger partial charge < -0.3 is 9.84 Å². The largest absolute Gasteiger partial charge is 0.380 e. The fourth-order valence-corrected chi connectivity index (χ4v) is 4.61. The summed E-state index contributed by atoms with van der Waals surface area (Å²) in [5.41, 5.74) is 2.38. The highest BCUT2D eigenvalue weighted by atomic mass is 32.2. The summed E-state index contributed by atoms with van der Waals surface area (Å²) in [5.74, 6) is 4.09. The average Bonchev–Trinajstić information content (AvgIpc) is 3.23. The minimum Gasteiger partial charge on any atom is -0.380 e. The molecule has 1 fully saturated rings. The van der Waals surface area contributed by atoms with E-state index in [1.807, 2.05) is 0 Å². The summed E-state index contributed by atoms with van der Waals surface area (Å²) in [6, 6.07) is 10.1. The lowest BCUT2D eigenvalue weighted by Gasteiger charge is -2.36. The first-order valence-corrected chi connectivity index (χ1v) is 12.6. The number of benzene rings is 2. The van der Waals surface area contributed by atoms with Crippen molar-refractivity contribution in [3.05, 3.63) is 65.1 Å². The molecule has 1 atom stereocenters. The SMILES string of the molecule is C[C@@](CCn1ncc2c(F)c(C#Cc3ccc(C4(O)COC4)cc3)ccc21)(C(=O)NO)S(C)(=O)=O. The van der Waals surface area contributed by atoms with E-state index in [0.717, 1.165) is 11.8 Å². The summed E-state index contributed by atoms with van der Waals surface area (Å²) >= 11 is 0. The molecule has 3 N–H and O–H groups in total. The third-order valence-electron chi connectivity index (χ3n) is 6.41. The Hall–Kier alpha value is -3.30. The summed E-state index contributed by atoms with van der Waals surface area (Å²) in [4.78, 5) is 12.0. The minimum atomic E-state index is -3.87. The predicted molar refractivity (Wildman–Crippen MR) is 125 cm³/mol. The number of amides is 1. The lowest BCUT2D eigenvalue weighted by molar-refractivity contribution is -0.184. The van der Waals surface area contributed by atoms with Crippen molar-refractivity contribution in [1.29, 1.82) is 0 Å². The van der Waals surface area contributed by atoms with Crippen molar-refractivity contribution in [3.63, 3.8) is 0 Å². The number of hydrogen-bond acceptors (Lipinski definition) is 7. The molecule has 1 aliphatic rings. The van der Waals surface area contributed by atoms with E-state index < -0.39 is 31.9 Å². The van der Waals surface area contributed by atoms with E-state index in [0.29, 0.717) is 11.1 Å². The molecule has 0 unspecified atom stereocenters. The molecule has 35 heavy (non-hydrogen) atoms. The molecule has 0 radical (unpaired) electrons. The Kier molecular flexibility index (Phi) is 6.42. The highest BCUT2D eigenvalue weighted by Gasteiger charge is 2.43. The first-order valence-electron chi connectivity index (χ1n) is 10.7. The fourth-order valence-electron chi connectivity index (χ4n) is 3.77. The molecular formula is C24H24FN3O6S. The first-order chi connectivity index (χ1) is 16.5. The van der Waals surface area contributed by atoms with E-state index in [1.165, 1.54) is 29.3 Å². The highest BCUT2D eigenvalue weighted by Crippen LogP contribution is 2.29. The second kappa shape index (κ2) is 9.05. The number of halogens is 1. The molecule has 3 aromatic rings. The number of rotatable bonds is 6. The number of aromatic nitrogens is 2. The van der Waals surface area contributed by atoms with Crippen molar-refractivity contribution in [1.82, 2.24) is 15.3 Å².